The zero-order chi connectivity index (χ0) is 12.9. The highest BCUT2D eigenvalue weighted by atomic mass is 35.5. The number of aromatic nitrogens is 2. The van der Waals surface area contributed by atoms with Gasteiger partial charge < -0.3 is 0 Å². The third-order valence-corrected chi connectivity index (χ3v) is 6.17. The Morgan fingerprint density at radius 3 is 2.67 bits per heavy atom. The van der Waals surface area contributed by atoms with Gasteiger partial charge >= 0.3 is 0 Å². The zero-order valence-corrected chi connectivity index (χ0v) is 12.6. The van der Waals surface area contributed by atoms with Gasteiger partial charge in [-0.1, -0.05) is 18.0 Å². The average molecular weight is 287 g/mol. The van der Waals surface area contributed by atoms with E-state index in [1.807, 2.05) is 18.7 Å². The van der Waals surface area contributed by atoms with Crippen molar-refractivity contribution in [2.45, 2.75) is 39.0 Å². The van der Waals surface area contributed by atoms with Crippen LogP contribution in [0.4, 0.5) is 0 Å². The first kappa shape index (κ1) is 12.8. The number of nitrogens with zero attached hydrogens (tertiary/aromatic N) is 2. The van der Waals surface area contributed by atoms with E-state index in [-0.39, 0.29) is 5.41 Å². The molecule has 0 amide bonds. The highest BCUT2D eigenvalue weighted by Gasteiger charge is 2.50. The van der Waals surface area contributed by atoms with Crippen LogP contribution in [0.3, 0.4) is 0 Å². The average Bonchev–Trinajstić information content (AvgIpc) is 3.00. The summed E-state index contributed by atoms with van der Waals surface area (Å²) in [5, 5.41) is 5.26. The van der Waals surface area contributed by atoms with Crippen molar-refractivity contribution in [2.75, 3.05) is 5.88 Å². The third-order valence-electron chi connectivity index (χ3n) is 5.15. The Kier molecular flexibility index (Phi) is 3.14. The van der Waals surface area contributed by atoms with E-state index in [9.17, 15) is 0 Å². The summed E-state index contributed by atoms with van der Waals surface area (Å²) >= 11 is 12.7. The first-order valence-corrected chi connectivity index (χ1v) is 7.71. The van der Waals surface area contributed by atoms with Gasteiger partial charge in [-0.3, -0.25) is 4.68 Å². The van der Waals surface area contributed by atoms with Crippen molar-refractivity contribution >= 4 is 23.2 Å². The minimum Gasteiger partial charge on any atom is -0.271 e. The predicted octanol–water partition coefficient (Wildman–Crippen LogP) is 3.97. The van der Waals surface area contributed by atoms with Gasteiger partial charge in [-0.15, -0.1) is 11.6 Å². The lowest BCUT2D eigenvalue weighted by Gasteiger charge is -2.36. The number of aryl methyl sites for hydroxylation is 2. The third kappa shape index (κ3) is 1.80. The molecular formula is C14H20Cl2N2. The van der Waals surface area contributed by atoms with Crippen molar-refractivity contribution in [3.05, 3.63) is 16.4 Å². The lowest BCUT2D eigenvalue weighted by Crippen LogP contribution is -2.33. The molecule has 0 radical (unpaired) electrons. The number of halogens is 2. The van der Waals surface area contributed by atoms with Crippen LogP contribution in [-0.2, 0) is 13.5 Å². The molecule has 2 nitrogen and oxygen atoms in total. The number of rotatable bonds is 3. The van der Waals surface area contributed by atoms with Gasteiger partial charge in [0.05, 0.1) is 16.4 Å². The van der Waals surface area contributed by atoms with Gasteiger partial charge in [0.1, 0.15) is 0 Å². The van der Waals surface area contributed by atoms with E-state index >= 15 is 0 Å². The Balaban J connectivity index is 1.91. The lowest BCUT2D eigenvalue weighted by atomic mass is 9.71. The van der Waals surface area contributed by atoms with Crippen molar-refractivity contribution in [3.63, 3.8) is 0 Å². The first-order valence-electron chi connectivity index (χ1n) is 6.79. The molecule has 3 rings (SSSR count). The highest BCUT2D eigenvalue weighted by molar-refractivity contribution is 6.31. The normalized spacial score (nSPS) is 34.4. The van der Waals surface area contributed by atoms with Crippen molar-refractivity contribution in [1.82, 2.24) is 9.78 Å². The molecule has 4 heteroatoms. The van der Waals surface area contributed by atoms with Crippen LogP contribution in [-0.4, -0.2) is 15.7 Å². The molecule has 2 aliphatic carbocycles. The number of hydrogen-bond donors (Lipinski definition) is 0. The summed E-state index contributed by atoms with van der Waals surface area (Å²) < 4.78 is 1.94. The summed E-state index contributed by atoms with van der Waals surface area (Å²) in [6.07, 6.45) is 6.41. The monoisotopic (exact) mass is 286 g/mol. The van der Waals surface area contributed by atoms with Crippen LogP contribution < -0.4 is 0 Å². The van der Waals surface area contributed by atoms with E-state index < -0.39 is 0 Å². The molecule has 1 heterocycles. The smallest absolute Gasteiger partial charge is 0.0847 e. The van der Waals surface area contributed by atoms with Gasteiger partial charge in [0.15, 0.2) is 0 Å². The van der Waals surface area contributed by atoms with Crippen LogP contribution in [0.25, 0.3) is 0 Å². The SMILES string of the molecule is Cc1nn(C)c(CC2(CCl)CC3CCC2C3)c1Cl. The molecule has 0 aromatic carbocycles. The Bertz CT molecular complexity index is 469. The Morgan fingerprint density at radius 2 is 2.22 bits per heavy atom. The minimum absolute atomic E-state index is 0.272. The molecule has 2 saturated carbocycles. The van der Waals surface area contributed by atoms with Crippen molar-refractivity contribution < 1.29 is 0 Å². The molecule has 2 fully saturated rings. The summed E-state index contributed by atoms with van der Waals surface area (Å²) in [5.41, 5.74) is 2.37. The fraction of sp³-hybridized carbons (Fsp3) is 0.786. The summed E-state index contributed by atoms with van der Waals surface area (Å²) in [4.78, 5) is 0. The molecule has 1 aromatic rings. The van der Waals surface area contributed by atoms with Crippen LogP contribution in [0.15, 0.2) is 0 Å². The molecule has 1 aromatic heterocycles. The zero-order valence-electron chi connectivity index (χ0n) is 11.0. The molecule has 2 aliphatic rings. The summed E-state index contributed by atoms with van der Waals surface area (Å²) in [6, 6.07) is 0. The molecule has 0 spiro atoms. The standard InChI is InChI=1S/C14H20Cl2N2/c1-9-13(16)12(18(2)17-9)7-14(8-15)6-10-3-4-11(14)5-10/h10-11H,3-8H2,1-2H3. The summed E-state index contributed by atoms with van der Waals surface area (Å²) in [7, 11) is 1.99. The molecule has 0 aliphatic heterocycles. The topological polar surface area (TPSA) is 17.8 Å². The van der Waals surface area contributed by atoms with Gasteiger partial charge in [0, 0.05) is 12.9 Å². The van der Waals surface area contributed by atoms with Gasteiger partial charge in [-0.05, 0) is 49.9 Å². The minimum atomic E-state index is 0.272. The number of hydrogen-bond acceptors (Lipinski definition) is 1. The van der Waals surface area contributed by atoms with E-state index in [0.717, 1.165) is 34.9 Å². The molecular weight excluding hydrogens is 267 g/mol. The van der Waals surface area contributed by atoms with E-state index in [1.54, 1.807) is 0 Å². The van der Waals surface area contributed by atoms with Gasteiger partial charge in [-0.25, -0.2) is 0 Å². The molecule has 0 N–H and O–H groups in total. The van der Waals surface area contributed by atoms with Crippen molar-refractivity contribution in [2.24, 2.45) is 24.3 Å². The second kappa shape index (κ2) is 4.42. The number of fused-ring (bicyclic) bond motifs is 2. The Hall–Kier alpha value is -0.210. The second-order valence-corrected chi connectivity index (χ2v) is 6.87. The molecule has 18 heavy (non-hydrogen) atoms. The summed E-state index contributed by atoms with van der Waals surface area (Å²) in [5.74, 6) is 2.46. The highest BCUT2D eigenvalue weighted by Crippen LogP contribution is 2.58. The number of alkyl halides is 1. The van der Waals surface area contributed by atoms with Gasteiger partial charge in [0.25, 0.3) is 0 Å². The quantitative estimate of drug-likeness (QED) is 0.769. The van der Waals surface area contributed by atoms with E-state index in [0.29, 0.717) is 0 Å². The first-order chi connectivity index (χ1) is 8.55. The van der Waals surface area contributed by atoms with Crippen LogP contribution in [0.5, 0.6) is 0 Å². The maximum atomic E-state index is 6.39. The van der Waals surface area contributed by atoms with Crippen LogP contribution in [0.2, 0.25) is 5.02 Å². The fourth-order valence-electron chi connectivity index (χ4n) is 4.19. The van der Waals surface area contributed by atoms with Crippen molar-refractivity contribution in [1.29, 1.82) is 0 Å². The lowest BCUT2D eigenvalue weighted by molar-refractivity contribution is 0.189. The predicted molar refractivity (Wildman–Crippen MR) is 75.3 cm³/mol. The van der Waals surface area contributed by atoms with Gasteiger partial charge in [-0.2, -0.15) is 5.10 Å². The van der Waals surface area contributed by atoms with E-state index in [4.69, 9.17) is 23.2 Å². The van der Waals surface area contributed by atoms with Gasteiger partial charge in [0.2, 0.25) is 0 Å². The van der Waals surface area contributed by atoms with Crippen LogP contribution in [0, 0.1) is 24.2 Å². The largest absolute Gasteiger partial charge is 0.271 e. The maximum absolute atomic E-state index is 6.39. The second-order valence-electron chi connectivity index (χ2n) is 6.22. The Morgan fingerprint density at radius 1 is 1.44 bits per heavy atom. The van der Waals surface area contributed by atoms with Crippen molar-refractivity contribution in [3.8, 4) is 0 Å². The summed E-state index contributed by atoms with van der Waals surface area (Å²) in [6.45, 7) is 1.97. The molecule has 2 bridgehead atoms. The molecule has 3 atom stereocenters. The molecule has 100 valence electrons. The van der Waals surface area contributed by atoms with Crippen LogP contribution in [0.1, 0.15) is 37.1 Å². The van der Waals surface area contributed by atoms with Crippen LogP contribution >= 0.6 is 23.2 Å². The molecule has 0 saturated heterocycles. The maximum Gasteiger partial charge on any atom is 0.0847 e. The Labute approximate surface area is 119 Å². The fourth-order valence-corrected chi connectivity index (χ4v) is 4.84. The molecule has 3 unspecified atom stereocenters. The van der Waals surface area contributed by atoms with E-state index in [1.165, 1.54) is 31.4 Å². The van der Waals surface area contributed by atoms with E-state index in [2.05, 4.69) is 5.10 Å².